The first-order valence-electron chi connectivity index (χ1n) is 21.8. The second-order valence-corrected chi connectivity index (χ2v) is 23.5. The third-order valence-electron chi connectivity index (χ3n) is 13.0. The van der Waals surface area contributed by atoms with Gasteiger partial charge in [0, 0.05) is 87.1 Å². The molecule has 14 heteroatoms. The number of hydrogen-bond acceptors (Lipinski definition) is 9. The van der Waals surface area contributed by atoms with Gasteiger partial charge in [-0.2, -0.15) is 0 Å². The zero-order valence-corrected chi connectivity index (χ0v) is 38.9. The number of phenolic OH excluding ortho intramolecular Hbond substituents is 1. The normalized spacial score (nSPS) is 17.9. The molecule has 1 atom stereocenters. The van der Waals surface area contributed by atoms with Crippen LogP contribution in [0.2, 0.25) is 23.2 Å². The van der Waals surface area contributed by atoms with Crippen molar-refractivity contribution in [2.24, 2.45) is 0 Å². The summed E-state index contributed by atoms with van der Waals surface area (Å²) in [7, 11) is -0.708. The highest BCUT2D eigenvalue weighted by atomic mass is 35.5. The maximum absolute atomic E-state index is 13.4. The highest BCUT2D eigenvalue weighted by molar-refractivity contribution is 6.74. The van der Waals surface area contributed by atoms with E-state index in [2.05, 4.69) is 59.7 Å². The van der Waals surface area contributed by atoms with Gasteiger partial charge in [-0.25, -0.2) is 4.79 Å². The lowest BCUT2D eigenvalue weighted by Crippen LogP contribution is -2.54. The zero-order valence-electron chi connectivity index (χ0n) is 37.2. The number of nitrogens with zero attached hydrogens (tertiary/aromatic N) is 1. The summed E-state index contributed by atoms with van der Waals surface area (Å²) in [5.41, 5.74) is 5.31. The molecule has 0 spiro atoms. The molecule has 4 aromatic carbocycles. The van der Waals surface area contributed by atoms with Crippen LogP contribution in [0.25, 0.3) is 22.0 Å². The molecule has 0 aliphatic carbocycles. The van der Waals surface area contributed by atoms with Crippen LogP contribution in [0, 0.1) is 0 Å². The molecule has 5 N–H and O–H groups in total. The maximum atomic E-state index is 13.4. The molecule has 0 radical (unpaired) electrons. The van der Waals surface area contributed by atoms with Gasteiger partial charge in [0.05, 0.1) is 35.1 Å². The van der Waals surface area contributed by atoms with Gasteiger partial charge in [-0.1, -0.05) is 80.9 Å². The van der Waals surface area contributed by atoms with Crippen LogP contribution >= 0.6 is 11.6 Å². The molecule has 8 rings (SSSR count). The summed E-state index contributed by atoms with van der Waals surface area (Å²) in [6.07, 6.45) is 3.17. The van der Waals surface area contributed by atoms with Crippen LogP contribution < -0.4 is 26.2 Å². The van der Waals surface area contributed by atoms with Gasteiger partial charge in [-0.3, -0.25) is 14.9 Å². The van der Waals surface area contributed by atoms with Crippen molar-refractivity contribution in [3.8, 4) is 22.6 Å². The number of anilines is 2. The van der Waals surface area contributed by atoms with Crippen LogP contribution in [0.4, 0.5) is 16.2 Å². The van der Waals surface area contributed by atoms with Crippen LogP contribution in [0.15, 0.2) is 89.7 Å². The van der Waals surface area contributed by atoms with E-state index in [0.717, 1.165) is 66.7 Å². The topological polar surface area (TPSA) is 154 Å². The van der Waals surface area contributed by atoms with Crippen molar-refractivity contribution in [1.29, 1.82) is 0 Å². The van der Waals surface area contributed by atoms with Crippen LogP contribution in [0.3, 0.4) is 0 Å². The Bertz CT molecular complexity index is 2480. The van der Waals surface area contributed by atoms with E-state index in [1.165, 1.54) is 6.07 Å². The third kappa shape index (κ3) is 11.0. The zero-order chi connectivity index (χ0) is 44.9. The van der Waals surface area contributed by atoms with Gasteiger partial charge in [0.25, 0.3) is 0 Å². The van der Waals surface area contributed by atoms with E-state index >= 15 is 0 Å². The fourth-order valence-corrected chi connectivity index (χ4v) is 9.82. The minimum atomic E-state index is -2.29. The van der Waals surface area contributed by atoms with Gasteiger partial charge in [0.15, 0.2) is 8.32 Å². The Morgan fingerprint density at radius 3 is 2.37 bits per heavy atom. The number of ether oxygens (including phenoxy) is 2. The number of methoxy groups -OCH3 is 1. The molecule has 3 aliphatic heterocycles. The molecular formula is C49H60ClN5O7Si. The summed E-state index contributed by atoms with van der Waals surface area (Å²) >= 11 is 6.79. The fraction of sp³-hybridized carbons (Fsp3) is 0.408. The van der Waals surface area contributed by atoms with Crippen LogP contribution in [-0.2, 0) is 26.9 Å². The first-order valence-corrected chi connectivity index (χ1v) is 25.1. The summed E-state index contributed by atoms with van der Waals surface area (Å²) in [6.45, 7) is 14.6. The molecule has 1 aromatic heterocycles. The number of hydrogen-bond donors (Lipinski definition) is 5. The summed E-state index contributed by atoms with van der Waals surface area (Å²) in [5.74, 6) is 0.368. The molecule has 334 valence electrons. The summed E-state index contributed by atoms with van der Waals surface area (Å²) in [6, 6.07) is 26.1. The van der Waals surface area contributed by atoms with E-state index in [0.29, 0.717) is 59.0 Å². The lowest BCUT2D eigenvalue weighted by molar-refractivity contribution is -0.116. The minimum absolute atomic E-state index is 0.00736. The van der Waals surface area contributed by atoms with Crippen molar-refractivity contribution >= 4 is 54.2 Å². The second kappa shape index (κ2) is 19.3. The first-order chi connectivity index (χ1) is 30.0. The number of pyridine rings is 1. The number of aromatic amines is 1. The van der Waals surface area contributed by atoms with E-state index in [9.17, 15) is 19.5 Å². The molecule has 2 amide bonds. The summed E-state index contributed by atoms with van der Waals surface area (Å²) in [5, 5.41) is 21.2. The Kier molecular flexibility index (Phi) is 14.0. The van der Waals surface area contributed by atoms with E-state index in [4.69, 9.17) is 25.5 Å². The predicted molar refractivity (Wildman–Crippen MR) is 254 cm³/mol. The number of halogens is 1. The molecule has 63 heavy (non-hydrogen) atoms. The van der Waals surface area contributed by atoms with Crippen molar-refractivity contribution in [3.63, 3.8) is 0 Å². The second-order valence-electron chi connectivity index (χ2n) is 18.4. The molecule has 4 heterocycles. The Balaban J connectivity index is 0.984. The Morgan fingerprint density at radius 2 is 1.67 bits per heavy atom. The lowest BCUT2D eigenvalue weighted by atomic mass is 9.83. The van der Waals surface area contributed by atoms with Crippen molar-refractivity contribution in [2.75, 3.05) is 43.9 Å². The number of amides is 2. The standard InChI is InChI=1S/C49H60ClN5O7Si/c1-48(2,3)63(5,6)62-43(36-17-19-41(56)46-37(36)18-20-45(58)54-46)31-51-30-34-28-38(50)40(29-42(34)60-4)52-44(57)14-10-11-32-15-16-35(33-12-8-7-9-13-33)39(27-32)53-47(59)61-49-21-24-55(25-22-49)26-23-49/h7-9,12-13,15-20,27-29,43,51,56H,10-11,14,21-26,30-31H2,1-6H3,(H,52,57)(H,53,59)(H,54,58)/t43-/m0/s1. The number of carbonyl (C=O) groups is 2. The van der Waals surface area contributed by atoms with E-state index in [-0.39, 0.29) is 28.7 Å². The molecule has 0 saturated carbocycles. The van der Waals surface area contributed by atoms with Gasteiger partial charge in [0.1, 0.15) is 17.1 Å². The number of aromatic nitrogens is 1. The number of benzene rings is 4. The van der Waals surface area contributed by atoms with Crippen LogP contribution in [0.5, 0.6) is 11.5 Å². The fourth-order valence-electron chi connectivity index (χ4n) is 8.31. The number of fused-ring (bicyclic) bond motifs is 4. The number of piperidine rings is 3. The Morgan fingerprint density at radius 1 is 0.937 bits per heavy atom. The lowest BCUT2D eigenvalue weighted by Gasteiger charge is -2.47. The number of carbonyl (C=O) groups excluding carboxylic acids is 2. The molecule has 3 fully saturated rings. The average molecular weight is 895 g/mol. The molecule has 0 unspecified atom stereocenters. The highest BCUT2D eigenvalue weighted by Crippen LogP contribution is 2.42. The number of phenols is 1. The van der Waals surface area contributed by atoms with Gasteiger partial charge < -0.3 is 39.5 Å². The minimum Gasteiger partial charge on any atom is -0.506 e. The maximum Gasteiger partial charge on any atom is 0.412 e. The average Bonchev–Trinajstić information content (AvgIpc) is 3.25. The monoisotopic (exact) mass is 893 g/mol. The molecule has 12 nitrogen and oxygen atoms in total. The van der Waals surface area contributed by atoms with Gasteiger partial charge in [-0.15, -0.1) is 0 Å². The quantitative estimate of drug-likeness (QED) is 0.0609. The van der Waals surface area contributed by atoms with E-state index in [1.54, 1.807) is 31.4 Å². The third-order valence-corrected chi connectivity index (χ3v) is 17.8. The number of nitrogens with one attached hydrogen (secondary N) is 4. The number of rotatable bonds is 16. The Labute approximate surface area is 375 Å². The number of aryl methyl sites for hydroxylation is 1. The highest BCUT2D eigenvalue weighted by Gasteiger charge is 2.43. The predicted octanol–water partition coefficient (Wildman–Crippen LogP) is 10.2. The van der Waals surface area contributed by atoms with Gasteiger partial charge in [-0.05, 0) is 71.9 Å². The van der Waals surface area contributed by atoms with Crippen molar-refractivity contribution < 1.29 is 28.6 Å². The van der Waals surface area contributed by atoms with Gasteiger partial charge >= 0.3 is 6.09 Å². The molecular weight excluding hydrogens is 834 g/mol. The Hall–Kier alpha value is -5.18. The molecule has 3 aliphatic rings. The SMILES string of the molecule is COc1cc(NC(=O)CCCc2ccc(-c3ccccc3)c(NC(=O)OC34CCN(CC3)CC4)c2)c(Cl)cc1CNC[C@H](O[Si](C)(C)C(C)(C)C)c1ccc(O)c2[nH]c(=O)ccc12. The van der Waals surface area contributed by atoms with E-state index < -0.39 is 26.1 Å². The van der Waals surface area contributed by atoms with Crippen LogP contribution in [-0.4, -0.2) is 74.2 Å². The van der Waals surface area contributed by atoms with E-state index in [1.807, 2.05) is 54.6 Å². The summed E-state index contributed by atoms with van der Waals surface area (Å²) in [4.78, 5) is 44.0. The largest absolute Gasteiger partial charge is 0.506 e. The smallest absolute Gasteiger partial charge is 0.412 e. The molecule has 2 bridgehead atoms. The number of aromatic hydroxyl groups is 1. The van der Waals surface area contributed by atoms with Crippen molar-refractivity contribution in [2.45, 2.75) is 95.7 Å². The van der Waals surface area contributed by atoms with Crippen molar-refractivity contribution in [3.05, 3.63) is 117 Å². The van der Waals surface area contributed by atoms with Crippen LogP contribution in [0.1, 0.15) is 75.7 Å². The molecule has 5 aromatic rings. The van der Waals surface area contributed by atoms with Gasteiger partial charge in [0.2, 0.25) is 11.5 Å². The van der Waals surface area contributed by atoms with Crippen molar-refractivity contribution in [1.82, 2.24) is 15.2 Å². The molecule has 3 saturated heterocycles. The number of H-pyrrole nitrogens is 1. The summed E-state index contributed by atoms with van der Waals surface area (Å²) < 4.78 is 18.9. The first kappa shape index (κ1) is 45.8.